The predicted molar refractivity (Wildman–Crippen MR) is 165 cm³/mol. The molecule has 8 bridgehead atoms. The molecule has 0 spiro atoms. The molecule has 2 aromatic heterocycles. The smallest absolute Gasteiger partial charge is 0.273 e. The molecule has 3 aromatic rings. The van der Waals surface area contributed by atoms with Gasteiger partial charge in [0.15, 0.2) is 5.82 Å². The highest BCUT2D eigenvalue weighted by Gasteiger charge is 2.39. The maximum absolute atomic E-state index is 15.4. The Morgan fingerprint density at radius 2 is 1.88 bits per heavy atom. The summed E-state index contributed by atoms with van der Waals surface area (Å²) in [6, 6.07) is 6.29. The minimum Gasteiger partial charge on any atom is -0.381 e. The van der Waals surface area contributed by atoms with Crippen LogP contribution in [0.15, 0.2) is 41.5 Å². The molecule has 1 atom stereocenters. The van der Waals surface area contributed by atoms with Crippen LogP contribution >= 0.6 is 0 Å². The van der Waals surface area contributed by atoms with E-state index in [1.165, 1.54) is 6.07 Å². The van der Waals surface area contributed by atoms with Crippen LogP contribution < -0.4 is 10.9 Å². The van der Waals surface area contributed by atoms with Gasteiger partial charge in [0, 0.05) is 89.2 Å². The number of ether oxygens (including phenoxy) is 1. The van der Waals surface area contributed by atoms with Gasteiger partial charge in [-0.1, -0.05) is 18.2 Å². The van der Waals surface area contributed by atoms with Crippen molar-refractivity contribution in [1.82, 2.24) is 19.7 Å². The highest BCUT2D eigenvalue weighted by Crippen LogP contribution is 2.39. The topological polar surface area (TPSA) is 89.3 Å². The Balaban J connectivity index is 1.36. The van der Waals surface area contributed by atoms with Gasteiger partial charge in [-0.05, 0) is 69.5 Å². The Labute approximate surface area is 253 Å². The molecule has 6 heterocycles. The number of rotatable bonds is 1. The Kier molecular flexibility index (Phi) is 9.21. The summed E-state index contributed by atoms with van der Waals surface area (Å²) in [4.78, 5) is 16.1. The third-order valence-electron chi connectivity index (χ3n) is 9.20. The fraction of sp³-hybridized carbons (Fsp3) is 0.594. The lowest BCUT2D eigenvalue weighted by molar-refractivity contribution is -0.0570. The predicted octanol–water partition coefficient (Wildman–Crippen LogP) is 5.20. The number of hydrogen-bond donors (Lipinski definition) is 1. The van der Waals surface area contributed by atoms with Crippen LogP contribution in [0.3, 0.4) is 0 Å². The van der Waals surface area contributed by atoms with E-state index in [1.54, 1.807) is 22.9 Å². The van der Waals surface area contributed by atoms with Crippen LogP contribution in [0.5, 0.6) is 0 Å². The lowest BCUT2D eigenvalue weighted by atomic mass is 9.89. The van der Waals surface area contributed by atoms with E-state index < -0.39 is 16.7 Å². The van der Waals surface area contributed by atoms with Crippen molar-refractivity contribution in [1.29, 1.82) is 0 Å². The molecule has 11 heteroatoms. The van der Waals surface area contributed by atoms with E-state index in [0.717, 1.165) is 35.7 Å². The van der Waals surface area contributed by atoms with Crippen LogP contribution in [0.25, 0.3) is 10.8 Å². The van der Waals surface area contributed by atoms with Gasteiger partial charge in [-0.15, -0.1) is 5.10 Å². The average molecular weight is 614 g/mol. The molecule has 2 saturated heterocycles. The first-order chi connectivity index (χ1) is 20.8. The number of alkyl halides is 2. The van der Waals surface area contributed by atoms with Crippen LogP contribution in [0, 0.1) is 5.92 Å². The summed E-state index contributed by atoms with van der Waals surface area (Å²) in [7, 11) is -0.846. The highest BCUT2D eigenvalue weighted by molar-refractivity contribution is 7.85. The number of nitrogens with one attached hydrogen (secondary N) is 1. The standard InChI is InChI=1S/C32H41F2N5O3S/c1-22-24-6-4-7-25(16-24)32(33,34)17-23-19-38(20-23)11-2-3-12-42-13-5-8-27-28-18-35-37-30(36-22)29(28)21-39(31(27)40)26-9-14-43(41)15-10-26/h4,6-7,16,18,21-23,26H,2-3,5,8-15,17,19-20H2,1H3,(H,36,37). The second-order valence-corrected chi connectivity index (χ2v) is 14.1. The quantitative estimate of drug-likeness (QED) is 0.403. The molecule has 232 valence electrons. The molecule has 0 amide bonds. The summed E-state index contributed by atoms with van der Waals surface area (Å²) in [5.41, 5.74) is 1.39. The van der Waals surface area contributed by atoms with Gasteiger partial charge in [-0.2, -0.15) is 5.10 Å². The van der Waals surface area contributed by atoms with Crippen molar-refractivity contribution in [3.63, 3.8) is 0 Å². The number of halogens is 2. The van der Waals surface area contributed by atoms with Gasteiger partial charge in [0.2, 0.25) is 0 Å². The Bertz CT molecular complexity index is 1520. The Morgan fingerprint density at radius 1 is 1.09 bits per heavy atom. The lowest BCUT2D eigenvalue weighted by Gasteiger charge is -2.41. The largest absolute Gasteiger partial charge is 0.381 e. The molecular weight excluding hydrogens is 572 g/mol. The molecule has 1 N–H and O–H groups in total. The second kappa shape index (κ2) is 13.1. The SMILES string of the molecule is CC1Nc2nncc3c(c(=O)n(C4CCS(=O)CC4)cc23)CCCOCCCCN2CC(C2)CC(F)(F)c2cccc1c2. The molecule has 2 fully saturated rings. The molecule has 4 aliphatic rings. The fourth-order valence-corrected chi connectivity index (χ4v) is 7.97. The molecule has 43 heavy (non-hydrogen) atoms. The van der Waals surface area contributed by atoms with Crippen molar-refractivity contribution in [2.24, 2.45) is 5.92 Å². The zero-order chi connectivity index (χ0) is 30.0. The van der Waals surface area contributed by atoms with Crippen molar-refractivity contribution >= 4 is 27.4 Å². The van der Waals surface area contributed by atoms with Gasteiger partial charge >= 0.3 is 0 Å². The maximum Gasteiger partial charge on any atom is 0.273 e. The summed E-state index contributed by atoms with van der Waals surface area (Å²) >= 11 is 0. The first kappa shape index (κ1) is 30.3. The summed E-state index contributed by atoms with van der Waals surface area (Å²) < 4.78 is 50.6. The zero-order valence-electron chi connectivity index (χ0n) is 24.8. The molecule has 0 saturated carbocycles. The van der Waals surface area contributed by atoms with Crippen LogP contribution in [0.4, 0.5) is 14.6 Å². The molecule has 0 aliphatic carbocycles. The number of aromatic nitrogens is 3. The first-order valence-electron chi connectivity index (χ1n) is 15.6. The maximum atomic E-state index is 15.4. The third-order valence-corrected chi connectivity index (χ3v) is 10.6. The van der Waals surface area contributed by atoms with Crippen LogP contribution in [0.1, 0.15) is 74.2 Å². The van der Waals surface area contributed by atoms with Crippen LogP contribution in [-0.4, -0.2) is 68.2 Å². The normalized spacial score (nSPS) is 28.7. The van der Waals surface area contributed by atoms with E-state index >= 15 is 8.78 Å². The van der Waals surface area contributed by atoms with E-state index in [4.69, 9.17) is 4.74 Å². The number of benzene rings is 1. The van der Waals surface area contributed by atoms with Crippen molar-refractivity contribution in [3.8, 4) is 0 Å². The van der Waals surface area contributed by atoms with Crippen molar-refractivity contribution < 1.29 is 17.7 Å². The molecule has 1 unspecified atom stereocenters. The molecule has 7 rings (SSSR count). The lowest BCUT2D eigenvalue weighted by Crippen LogP contribution is -2.48. The van der Waals surface area contributed by atoms with E-state index in [0.29, 0.717) is 74.9 Å². The summed E-state index contributed by atoms with van der Waals surface area (Å²) in [6.07, 6.45) is 7.83. The molecular formula is C32H41F2N5O3S. The van der Waals surface area contributed by atoms with Crippen LogP contribution in [-0.2, 0) is 27.9 Å². The first-order valence-corrected chi connectivity index (χ1v) is 17.1. The number of hydrogen-bond acceptors (Lipinski definition) is 7. The van der Waals surface area contributed by atoms with Crippen LogP contribution in [0.2, 0.25) is 0 Å². The number of fused-ring (bicyclic) bond motifs is 9. The van der Waals surface area contributed by atoms with E-state index in [1.807, 2.05) is 19.2 Å². The van der Waals surface area contributed by atoms with E-state index in [-0.39, 0.29) is 35.5 Å². The Hall–Kier alpha value is -2.76. The number of nitrogens with zero attached hydrogens (tertiary/aromatic N) is 4. The monoisotopic (exact) mass is 613 g/mol. The van der Waals surface area contributed by atoms with Gasteiger partial charge in [-0.25, -0.2) is 8.78 Å². The fourth-order valence-electron chi connectivity index (χ4n) is 6.70. The average Bonchev–Trinajstić information content (AvgIpc) is 2.98. The van der Waals surface area contributed by atoms with Gasteiger partial charge in [0.25, 0.3) is 11.5 Å². The summed E-state index contributed by atoms with van der Waals surface area (Å²) in [5.74, 6) is -1.26. The van der Waals surface area contributed by atoms with Gasteiger partial charge in [0.1, 0.15) is 0 Å². The van der Waals surface area contributed by atoms with E-state index in [2.05, 4.69) is 20.4 Å². The third kappa shape index (κ3) is 6.83. The number of anilines is 1. The number of pyridine rings is 1. The molecule has 8 nitrogen and oxygen atoms in total. The second-order valence-electron chi connectivity index (χ2n) is 12.4. The minimum atomic E-state index is -2.91. The molecule has 1 aromatic carbocycles. The van der Waals surface area contributed by atoms with Crippen molar-refractivity contribution in [2.45, 2.75) is 69.9 Å². The zero-order valence-corrected chi connectivity index (χ0v) is 25.6. The van der Waals surface area contributed by atoms with Crippen molar-refractivity contribution in [2.75, 3.05) is 49.7 Å². The Morgan fingerprint density at radius 3 is 2.70 bits per heavy atom. The van der Waals surface area contributed by atoms with Gasteiger partial charge in [0.05, 0.1) is 12.2 Å². The summed E-state index contributed by atoms with van der Waals surface area (Å²) in [6.45, 7) is 5.44. The molecule has 4 aliphatic heterocycles. The minimum absolute atomic E-state index is 0.00905. The van der Waals surface area contributed by atoms with Gasteiger partial charge in [-0.3, -0.25) is 9.00 Å². The molecule has 0 radical (unpaired) electrons. The highest BCUT2D eigenvalue weighted by atomic mass is 32.2. The van der Waals surface area contributed by atoms with E-state index in [9.17, 15) is 9.00 Å². The number of aryl methyl sites for hydroxylation is 1. The summed E-state index contributed by atoms with van der Waals surface area (Å²) in [5, 5.41) is 13.6. The van der Waals surface area contributed by atoms with Gasteiger partial charge < -0.3 is 19.5 Å². The van der Waals surface area contributed by atoms with Crippen molar-refractivity contribution in [3.05, 3.63) is 63.7 Å².